The van der Waals surface area contributed by atoms with Gasteiger partial charge >= 0.3 is 0 Å². The summed E-state index contributed by atoms with van der Waals surface area (Å²) in [6.45, 7) is 12.2. The number of carbonyl (C=O) groups is 2. The van der Waals surface area contributed by atoms with Crippen LogP contribution in [0.25, 0.3) is 0 Å². The lowest BCUT2D eigenvalue weighted by Gasteiger charge is -2.30. The Labute approximate surface area is 175 Å². The molecule has 0 aliphatic heterocycles. The Morgan fingerprint density at radius 3 is 2.03 bits per heavy atom. The minimum Gasteiger partial charge on any atom is -0.353 e. The summed E-state index contributed by atoms with van der Waals surface area (Å²) < 4.78 is 2.03. The number of carbonyl (C=O) groups excluding carboxylic acids is 2. The molecule has 2 rings (SSSR count). The minimum atomic E-state index is -0.0876. The summed E-state index contributed by atoms with van der Waals surface area (Å²) in [7, 11) is 1.99. The van der Waals surface area contributed by atoms with Gasteiger partial charge in [0.2, 0.25) is 5.91 Å². The van der Waals surface area contributed by atoms with Crippen LogP contribution in [0.15, 0.2) is 42.6 Å². The van der Waals surface area contributed by atoms with Gasteiger partial charge in [0.15, 0.2) is 0 Å². The molecule has 1 aromatic carbocycles. The second kappa shape index (κ2) is 10.3. The predicted molar refractivity (Wildman–Crippen MR) is 118 cm³/mol. The number of aromatic nitrogens is 1. The smallest absolute Gasteiger partial charge is 0.254 e. The summed E-state index contributed by atoms with van der Waals surface area (Å²) in [4.78, 5) is 29.9. The van der Waals surface area contributed by atoms with E-state index in [4.69, 9.17) is 0 Å². The number of amides is 2. The monoisotopic (exact) mass is 397 g/mol. The lowest BCUT2D eigenvalue weighted by molar-refractivity contribution is -0.133. The van der Waals surface area contributed by atoms with Crippen molar-refractivity contribution in [2.75, 3.05) is 19.6 Å². The fourth-order valence-corrected chi connectivity index (χ4v) is 3.35. The molecule has 2 amide bonds. The summed E-state index contributed by atoms with van der Waals surface area (Å²) in [5.41, 5.74) is 2.82. The van der Waals surface area contributed by atoms with Crippen LogP contribution in [0, 0.1) is 18.8 Å². The normalized spacial score (nSPS) is 11.2. The highest BCUT2D eigenvalue weighted by atomic mass is 16.2. The first-order valence-corrected chi connectivity index (χ1v) is 10.4. The Kier molecular flexibility index (Phi) is 8.06. The summed E-state index contributed by atoms with van der Waals surface area (Å²) in [6.07, 6.45) is 1.99. The molecule has 5 nitrogen and oxygen atoms in total. The third-order valence-electron chi connectivity index (χ3n) is 4.84. The van der Waals surface area contributed by atoms with Crippen LogP contribution in [-0.4, -0.2) is 45.8 Å². The van der Waals surface area contributed by atoms with E-state index in [1.54, 1.807) is 4.90 Å². The SMILES string of the molecule is Cc1ccc(C(=O)N(CC(=O)N(Cc2cccn2C)CC(C)C)CC(C)C)cc1. The molecular weight excluding hydrogens is 362 g/mol. The van der Waals surface area contributed by atoms with E-state index in [2.05, 4.69) is 27.7 Å². The maximum absolute atomic E-state index is 13.2. The van der Waals surface area contributed by atoms with Crippen LogP contribution in [0.2, 0.25) is 0 Å². The molecule has 0 saturated carbocycles. The van der Waals surface area contributed by atoms with Crippen LogP contribution in [0.4, 0.5) is 0 Å². The molecule has 0 aliphatic rings. The molecule has 0 aliphatic carbocycles. The van der Waals surface area contributed by atoms with Gasteiger partial charge in [-0.2, -0.15) is 0 Å². The van der Waals surface area contributed by atoms with Gasteiger partial charge in [0.25, 0.3) is 5.91 Å². The minimum absolute atomic E-state index is 0.0130. The van der Waals surface area contributed by atoms with Gasteiger partial charge in [-0.15, -0.1) is 0 Å². The molecule has 0 atom stereocenters. The van der Waals surface area contributed by atoms with Crippen molar-refractivity contribution in [3.05, 3.63) is 59.4 Å². The third-order valence-corrected chi connectivity index (χ3v) is 4.84. The van der Waals surface area contributed by atoms with Crippen molar-refractivity contribution in [1.82, 2.24) is 14.4 Å². The fourth-order valence-electron chi connectivity index (χ4n) is 3.35. The van der Waals surface area contributed by atoms with Crippen molar-refractivity contribution in [2.24, 2.45) is 18.9 Å². The van der Waals surface area contributed by atoms with Gasteiger partial charge in [0.05, 0.1) is 6.54 Å². The first-order valence-electron chi connectivity index (χ1n) is 10.4. The average Bonchev–Trinajstić information content (AvgIpc) is 3.04. The van der Waals surface area contributed by atoms with E-state index >= 15 is 0 Å². The van der Waals surface area contributed by atoms with Crippen molar-refractivity contribution in [1.29, 1.82) is 0 Å². The molecule has 5 heteroatoms. The van der Waals surface area contributed by atoms with E-state index in [0.717, 1.165) is 11.3 Å². The van der Waals surface area contributed by atoms with Crippen molar-refractivity contribution in [3.63, 3.8) is 0 Å². The molecule has 29 heavy (non-hydrogen) atoms. The largest absolute Gasteiger partial charge is 0.353 e. The summed E-state index contributed by atoms with van der Waals surface area (Å²) in [5, 5.41) is 0. The van der Waals surface area contributed by atoms with Crippen LogP contribution in [0.3, 0.4) is 0 Å². The van der Waals surface area contributed by atoms with Gasteiger partial charge in [-0.1, -0.05) is 45.4 Å². The maximum Gasteiger partial charge on any atom is 0.254 e. The first-order chi connectivity index (χ1) is 13.7. The number of aryl methyl sites for hydroxylation is 2. The topological polar surface area (TPSA) is 45.6 Å². The first kappa shape index (κ1) is 22.7. The van der Waals surface area contributed by atoms with Crippen molar-refractivity contribution in [2.45, 2.75) is 41.2 Å². The molecule has 2 aromatic rings. The second-order valence-electron chi connectivity index (χ2n) is 8.72. The molecule has 0 saturated heterocycles. The van der Waals surface area contributed by atoms with Crippen molar-refractivity contribution >= 4 is 11.8 Å². The Morgan fingerprint density at radius 1 is 0.931 bits per heavy atom. The molecule has 0 N–H and O–H groups in total. The summed E-state index contributed by atoms with van der Waals surface area (Å²) in [6, 6.07) is 11.6. The molecular formula is C24H35N3O2. The third kappa shape index (κ3) is 6.77. The molecule has 0 bridgehead atoms. The van der Waals surface area contributed by atoms with Crippen molar-refractivity contribution < 1.29 is 9.59 Å². The van der Waals surface area contributed by atoms with E-state index in [9.17, 15) is 9.59 Å². The van der Waals surface area contributed by atoms with E-state index < -0.39 is 0 Å². The molecule has 1 aromatic heterocycles. The number of hydrogen-bond donors (Lipinski definition) is 0. The molecule has 158 valence electrons. The number of rotatable bonds is 9. The summed E-state index contributed by atoms with van der Waals surface area (Å²) >= 11 is 0. The Morgan fingerprint density at radius 2 is 1.52 bits per heavy atom. The van der Waals surface area contributed by atoms with Gasteiger partial charge in [-0.3, -0.25) is 9.59 Å². The molecule has 1 heterocycles. The standard InChI is InChI=1S/C24H35N3O2/c1-18(2)14-26(16-22-8-7-13-25(22)6)23(28)17-27(15-19(3)4)24(29)21-11-9-20(5)10-12-21/h7-13,18-19H,14-17H2,1-6H3. The Balaban J connectivity index is 2.19. The zero-order chi connectivity index (χ0) is 21.6. The van der Waals surface area contributed by atoms with E-state index in [-0.39, 0.29) is 24.3 Å². The maximum atomic E-state index is 13.2. The van der Waals surface area contributed by atoms with Gasteiger partial charge in [0, 0.05) is 37.6 Å². The molecule has 0 unspecified atom stereocenters. The van der Waals surface area contributed by atoms with E-state index in [0.29, 0.717) is 31.1 Å². The highest BCUT2D eigenvalue weighted by Crippen LogP contribution is 2.13. The molecule has 0 radical (unpaired) electrons. The Bertz CT molecular complexity index is 806. The summed E-state index contributed by atoms with van der Waals surface area (Å²) in [5.74, 6) is 0.533. The number of benzene rings is 1. The quantitative estimate of drug-likeness (QED) is 0.639. The van der Waals surface area contributed by atoms with E-state index in [1.807, 2.05) is 66.0 Å². The van der Waals surface area contributed by atoms with Gasteiger partial charge < -0.3 is 14.4 Å². The van der Waals surface area contributed by atoms with Crippen molar-refractivity contribution in [3.8, 4) is 0 Å². The zero-order valence-electron chi connectivity index (χ0n) is 18.7. The van der Waals surface area contributed by atoms with Gasteiger partial charge in [0.1, 0.15) is 6.54 Å². The van der Waals surface area contributed by atoms with Gasteiger partial charge in [-0.05, 0) is 43.0 Å². The average molecular weight is 398 g/mol. The number of hydrogen-bond acceptors (Lipinski definition) is 2. The highest BCUT2D eigenvalue weighted by Gasteiger charge is 2.24. The highest BCUT2D eigenvalue weighted by molar-refractivity contribution is 5.96. The van der Waals surface area contributed by atoms with Crippen LogP contribution >= 0.6 is 0 Å². The zero-order valence-corrected chi connectivity index (χ0v) is 18.7. The fraction of sp³-hybridized carbons (Fsp3) is 0.500. The number of nitrogens with zero attached hydrogens (tertiary/aromatic N) is 3. The van der Waals surface area contributed by atoms with Crippen LogP contribution in [0.5, 0.6) is 0 Å². The van der Waals surface area contributed by atoms with Crippen LogP contribution in [-0.2, 0) is 18.4 Å². The molecule has 0 fully saturated rings. The van der Waals surface area contributed by atoms with Gasteiger partial charge in [-0.25, -0.2) is 0 Å². The Hall–Kier alpha value is -2.56. The lowest BCUT2D eigenvalue weighted by atomic mass is 10.1. The second-order valence-corrected chi connectivity index (χ2v) is 8.72. The predicted octanol–water partition coefficient (Wildman–Crippen LogP) is 4.12. The van der Waals surface area contributed by atoms with Crippen LogP contribution < -0.4 is 0 Å². The lowest BCUT2D eigenvalue weighted by Crippen LogP contribution is -2.45. The molecule has 0 spiro atoms. The van der Waals surface area contributed by atoms with E-state index in [1.165, 1.54) is 0 Å². The van der Waals surface area contributed by atoms with Crippen LogP contribution in [0.1, 0.15) is 49.3 Å².